The second-order valence-electron chi connectivity index (χ2n) is 8.14. The number of aliphatic hydroxyl groups is 1. The Labute approximate surface area is 214 Å². The number of aryl methyl sites for hydroxylation is 1. The minimum absolute atomic E-state index is 0. The van der Waals surface area contributed by atoms with E-state index in [0.29, 0.717) is 19.1 Å². The number of anilines is 1. The van der Waals surface area contributed by atoms with Crippen molar-refractivity contribution >= 4 is 47.4 Å². The fourth-order valence-electron chi connectivity index (χ4n) is 3.87. The predicted octanol–water partition coefficient (Wildman–Crippen LogP) is 4.80. The average molecular weight is 569 g/mol. The van der Waals surface area contributed by atoms with Crippen molar-refractivity contribution in [3.63, 3.8) is 0 Å². The third kappa shape index (κ3) is 7.85. The molecule has 176 valence electrons. The van der Waals surface area contributed by atoms with Gasteiger partial charge in [-0.2, -0.15) is 0 Å². The van der Waals surface area contributed by atoms with Gasteiger partial charge in [-0.15, -0.1) is 35.7 Å². The molecular formula is C25H37IN4OS. The topological polar surface area (TPSA) is 59.9 Å². The summed E-state index contributed by atoms with van der Waals surface area (Å²) in [4.78, 5) is 8.50. The first-order chi connectivity index (χ1) is 15.1. The quantitative estimate of drug-likeness (QED) is 0.185. The standard InChI is InChI=1S/C25H36N4OS.HI/c1-4-26-25(28-17-22-8-5-19(2)15-24(22)31-3)27-16-20-6-9-23(10-7-20)29-13-11-21(18-30)12-14-29;/h5-10,15,21,30H,4,11-14,16-18H2,1-3H3,(H2,26,27,28);1H. The summed E-state index contributed by atoms with van der Waals surface area (Å²) in [6.45, 7) is 8.81. The van der Waals surface area contributed by atoms with E-state index in [1.807, 2.05) is 0 Å². The summed E-state index contributed by atoms with van der Waals surface area (Å²) in [5.41, 5.74) is 5.04. The van der Waals surface area contributed by atoms with Crippen molar-refractivity contribution in [2.75, 3.05) is 37.4 Å². The van der Waals surface area contributed by atoms with E-state index in [4.69, 9.17) is 4.99 Å². The monoisotopic (exact) mass is 568 g/mol. The fourth-order valence-corrected chi connectivity index (χ4v) is 4.58. The maximum absolute atomic E-state index is 9.32. The molecule has 5 nitrogen and oxygen atoms in total. The highest BCUT2D eigenvalue weighted by atomic mass is 127. The van der Waals surface area contributed by atoms with Crippen LogP contribution in [0.15, 0.2) is 52.4 Å². The highest BCUT2D eigenvalue weighted by Crippen LogP contribution is 2.24. The molecule has 0 bridgehead atoms. The van der Waals surface area contributed by atoms with Gasteiger partial charge in [0.2, 0.25) is 0 Å². The number of guanidine groups is 1. The lowest BCUT2D eigenvalue weighted by Crippen LogP contribution is -2.36. The van der Waals surface area contributed by atoms with Crippen molar-refractivity contribution in [1.29, 1.82) is 0 Å². The number of nitrogens with one attached hydrogen (secondary N) is 2. The zero-order chi connectivity index (χ0) is 22.1. The Kier molecular flexibility index (Phi) is 11.7. The first kappa shape index (κ1) is 26.8. The van der Waals surface area contributed by atoms with Gasteiger partial charge in [0.1, 0.15) is 0 Å². The zero-order valence-corrected chi connectivity index (χ0v) is 22.6. The van der Waals surface area contributed by atoms with Crippen molar-refractivity contribution < 1.29 is 5.11 Å². The summed E-state index contributed by atoms with van der Waals surface area (Å²) >= 11 is 1.78. The molecule has 1 aliphatic heterocycles. The molecule has 2 aromatic rings. The normalized spacial score (nSPS) is 14.8. The number of piperidine rings is 1. The molecule has 0 saturated carbocycles. The molecule has 1 fully saturated rings. The van der Waals surface area contributed by atoms with E-state index in [1.165, 1.54) is 27.3 Å². The largest absolute Gasteiger partial charge is 0.396 e. The molecule has 0 unspecified atom stereocenters. The van der Waals surface area contributed by atoms with E-state index in [2.05, 4.69) is 78.1 Å². The molecule has 7 heteroatoms. The van der Waals surface area contributed by atoms with Crippen LogP contribution in [0.3, 0.4) is 0 Å². The van der Waals surface area contributed by atoms with E-state index in [1.54, 1.807) is 11.8 Å². The van der Waals surface area contributed by atoms with Crippen molar-refractivity contribution in [3.05, 3.63) is 59.2 Å². The second-order valence-corrected chi connectivity index (χ2v) is 8.99. The van der Waals surface area contributed by atoms with E-state index in [0.717, 1.165) is 45.0 Å². The average Bonchev–Trinajstić information content (AvgIpc) is 2.81. The number of thioether (sulfide) groups is 1. The van der Waals surface area contributed by atoms with E-state index in [-0.39, 0.29) is 24.0 Å². The van der Waals surface area contributed by atoms with Crippen molar-refractivity contribution in [2.45, 2.75) is 44.7 Å². The van der Waals surface area contributed by atoms with Crippen LogP contribution in [0.5, 0.6) is 0 Å². The first-order valence-corrected chi connectivity index (χ1v) is 12.5. The van der Waals surface area contributed by atoms with Crippen molar-refractivity contribution in [3.8, 4) is 0 Å². The maximum atomic E-state index is 9.32. The Bertz CT molecular complexity index is 852. The van der Waals surface area contributed by atoms with Crippen LogP contribution in [0.4, 0.5) is 5.69 Å². The number of halogens is 1. The molecule has 0 amide bonds. The molecule has 32 heavy (non-hydrogen) atoms. The van der Waals surface area contributed by atoms with Crippen LogP contribution in [-0.4, -0.2) is 43.6 Å². The molecule has 0 aromatic heterocycles. The Morgan fingerprint density at radius 3 is 2.47 bits per heavy atom. The molecule has 3 N–H and O–H groups in total. The van der Waals surface area contributed by atoms with Gasteiger partial charge in [-0.05, 0) is 73.8 Å². The lowest BCUT2D eigenvalue weighted by Gasteiger charge is -2.32. The van der Waals surface area contributed by atoms with Crippen LogP contribution in [0.2, 0.25) is 0 Å². The van der Waals surface area contributed by atoms with E-state index < -0.39 is 0 Å². The summed E-state index contributed by atoms with van der Waals surface area (Å²) in [5.74, 6) is 1.30. The summed E-state index contributed by atoms with van der Waals surface area (Å²) < 4.78 is 0. The van der Waals surface area contributed by atoms with Crippen molar-refractivity contribution in [1.82, 2.24) is 10.6 Å². The lowest BCUT2D eigenvalue weighted by molar-refractivity contribution is 0.203. The Morgan fingerprint density at radius 2 is 1.84 bits per heavy atom. The number of aliphatic imine (C=N–C) groups is 1. The van der Waals surface area contributed by atoms with Crippen molar-refractivity contribution in [2.24, 2.45) is 10.9 Å². The van der Waals surface area contributed by atoms with Gasteiger partial charge in [-0.1, -0.05) is 24.3 Å². The molecule has 2 aromatic carbocycles. The fraction of sp³-hybridized carbons (Fsp3) is 0.480. The zero-order valence-electron chi connectivity index (χ0n) is 19.4. The van der Waals surface area contributed by atoms with Crippen LogP contribution in [-0.2, 0) is 13.1 Å². The van der Waals surface area contributed by atoms with Gasteiger partial charge >= 0.3 is 0 Å². The molecule has 0 aliphatic carbocycles. The van der Waals surface area contributed by atoms with E-state index >= 15 is 0 Å². The highest BCUT2D eigenvalue weighted by Gasteiger charge is 2.18. The number of aliphatic hydroxyl groups excluding tert-OH is 1. The Morgan fingerprint density at radius 1 is 1.12 bits per heavy atom. The maximum Gasteiger partial charge on any atom is 0.191 e. The molecule has 1 heterocycles. The number of rotatable bonds is 8. The summed E-state index contributed by atoms with van der Waals surface area (Å²) in [6.07, 6.45) is 4.26. The third-order valence-corrected chi connectivity index (χ3v) is 6.65. The van der Waals surface area contributed by atoms with E-state index in [9.17, 15) is 5.11 Å². The molecule has 0 spiro atoms. The molecule has 1 aliphatic rings. The minimum Gasteiger partial charge on any atom is -0.396 e. The minimum atomic E-state index is 0. The van der Waals surface area contributed by atoms with Gasteiger partial charge < -0.3 is 20.6 Å². The predicted molar refractivity (Wildman–Crippen MR) is 148 cm³/mol. The van der Waals surface area contributed by atoms with Gasteiger partial charge in [-0.3, -0.25) is 0 Å². The number of nitrogens with zero attached hydrogens (tertiary/aromatic N) is 2. The summed E-state index contributed by atoms with van der Waals surface area (Å²) in [6, 6.07) is 15.3. The summed E-state index contributed by atoms with van der Waals surface area (Å²) in [7, 11) is 0. The molecular weight excluding hydrogens is 531 g/mol. The summed E-state index contributed by atoms with van der Waals surface area (Å²) in [5, 5.41) is 16.1. The van der Waals surface area contributed by atoms with Crippen LogP contribution in [0.25, 0.3) is 0 Å². The van der Waals surface area contributed by atoms with Crippen LogP contribution < -0.4 is 15.5 Å². The van der Waals surface area contributed by atoms with Crippen LogP contribution >= 0.6 is 35.7 Å². The van der Waals surface area contributed by atoms with Crippen LogP contribution in [0.1, 0.15) is 36.5 Å². The number of hydrogen-bond acceptors (Lipinski definition) is 4. The third-order valence-electron chi connectivity index (χ3n) is 5.83. The lowest BCUT2D eigenvalue weighted by atomic mass is 9.97. The first-order valence-electron chi connectivity index (χ1n) is 11.2. The molecule has 1 saturated heterocycles. The van der Waals surface area contributed by atoms with Gasteiger partial charge in [0, 0.05) is 43.4 Å². The molecule has 0 radical (unpaired) electrons. The Balaban J connectivity index is 0.00000363. The molecule has 0 atom stereocenters. The van der Waals surface area contributed by atoms with Gasteiger partial charge in [0.05, 0.1) is 6.54 Å². The number of hydrogen-bond donors (Lipinski definition) is 3. The number of benzene rings is 2. The SMILES string of the molecule is CCNC(=NCc1ccc(N2CCC(CO)CC2)cc1)NCc1ccc(C)cc1SC.I. The van der Waals surface area contributed by atoms with Crippen LogP contribution in [0, 0.1) is 12.8 Å². The van der Waals surface area contributed by atoms with Gasteiger partial charge in [0.25, 0.3) is 0 Å². The highest BCUT2D eigenvalue weighted by molar-refractivity contribution is 14.0. The Hall–Kier alpha value is -1.45. The second kappa shape index (κ2) is 14.0. The molecule has 3 rings (SSSR count). The van der Waals surface area contributed by atoms with Gasteiger partial charge in [0.15, 0.2) is 5.96 Å². The van der Waals surface area contributed by atoms with Gasteiger partial charge in [-0.25, -0.2) is 4.99 Å². The smallest absolute Gasteiger partial charge is 0.191 e.